The number of nitrogens with zero attached hydrogens (tertiary/aromatic N) is 1. The fourth-order valence-electron chi connectivity index (χ4n) is 4.05. The Morgan fingerprint density at radius 3 is 2.46 bits per heavy atom. The molecule has 2 N–H and O–H groups in total. The summed E-state index contributed by atoms with van der Waals surface area (Å²) in [6.07, 6.45) is 2.36. The highest BCUT2D eigenvalue weighted by atomic mass is 32.2. The number of methoxy groups -OCH3 is 1. The van der Waals surface area contributed by atoms with Crippen LogP contribution in [0.1, 0.15) is 28.1 Å². The molecule has 0 bridgehead atoms. The highest BCUT2D eigenvalue weighted by Crippen LogP contribution is 2.28. The van der Waals surface area contributed by atoms with Crippen molar-refractivity contribution in [3.63, 3.8) is 0 Å². The zero-order valence-electron chi connectivity index (χ0n) is 20.5. The molecule has 3 aromatic rings. The number of anilines is 1. The number of carbonyl (C=O) groups is 1. The quantitative estimate of drug-likeness (QED) is 0.409. The van der Waals surface area contributed by atoms with E-state index < -0.39 is 19.9 Å². The van der Waals surface area contributed by atoms with Crippen molar-refractivity contribution in [2.45, 2.75) is 34.5 Å². The summed E-state index contributed by atoms with van der Waals surface area (Å²) in [5, 5.41) is 6.14. The molecule has 0 spiro atoms. The monoisotopic (exact) mass is 563 g/mol. The predicted octanol–water partition coefficient (Wildman–Crippen LogP) is 3.36. The molecule has 1 aliphatic rings. The van der Waals surface area contributed by atoms with Crippen LogP contribution in [0.4, 0.5) is 5.69 Å². The van der Waals surface area contributed by atoms with E-state index >= 15 is 0 Å². The van der Waals surface area contributed by atoms with Gasteiger partial charge in [0.05, 0.1) is 18.6 Å². The topological polar surface area (TPSA) is 122 Å². The highest BCUT2D eigenvalue weighted by Gasteiger charge is 2.30. The van der Waals surface area contributed by atoms with Crippen molar-refractivity contribution in [3.05, 3.63) is 71.1 Å². The summed E-state index contributed by atoms with van der Waals surface area (Å²) in [7, 11) is -5.42. The Morgan fingerprint density at radius 1 is 1.03 bits per heavy atom. The molecule has 0 atom stereocenters. The van der Waals surface area contributed by atoms with Gasteiger partial charge in [0.2, 0.25) is 0 Å². The summed E-state index contributed by atoms with van der Waals surface area (Å²) in [6, 6.07) is 16.8. The van der Waals surface area contributed by atoms with Crippen molar-refractivity contribution >= 4 is 42.8 Å². The molecule has 0 aliphatic carbocycles. The number of hydrogen-bond acceptors (Lipinski definition) is 8. The van der Waals surface area contributed by atoms with Crippen LogP contribution in [-0.2, 0) is 26.4 Å². The lowest BCUT2D eigenvalue weighted by Gasteiger charge is -2.31. The molecule has 0 unspecified atom stereocenters. The lowest BCUT2D eigenvalue weighted by Crippen LogP contribution is -2.42. The smallest absolute Gasteiger partial charge is 0.252 e. The maximum atomic E-state index is 13.2. The molecule has 9 nitrogen and oxygen atoms in total. The fourth-order valence-corrected chi connectivity index (χ4v) is 7.63. The second-order valence-corrected chi connectivity index (χ2v) is 14.1. The minimum absolute atomic E-state index is 0.0342. The second-order valence-electron chi connectivity index (χ2n) is 8.76. The van der Waals surface area contributed by atoms with Crippen molar-refractivity contribution in [3.8, 4) is 5.75 Å². The first kappa shape index (κ1) is 27.1. The van der Waals surface area contributed by atoms with Gasteiger partial charge in [0, 0.05) is 41.5 Å². The Balaban J connectivity index is 1.32. The number of thiophene rings is 1. The van der Waals surface area contributed by atoms with E-state index in [9.17, 15) is 21.6 Å². The number of piperidine rings is 1. The molecule has 4 rings (SSSR count). The van der Waals surface area contributed by atoms with Crippen LogP contribution in [0.2, 0.25) is 0 Å². The van der Waals surface area contributed by atoms with E-state index in [-0.39, 0.29) is 27.6 Å². The Morgan fingerprint density at radius 2 is 1.76 bits per heavy atom. The SMILES string of the molecule is COc1cccc(C(=O)NCc2ccc(S(=O)(=O)N3CCC(Nc4cccc(S(C)(=O)=O)c4)CC3)s2)c1. The van der Waals surface area contributed by atoms with Crippen molar-refractivity contribution < 1.29 is 26.4 Å². The molecule has 1 aromatic heterocycles. The number of sulfone groups is 1. The molecule has 2 aromatic carbocycles. The summed E-state index contributed by atoms with van der Waals surface area (Å²) in [4.78, 5) is 13.4. The molecule has 0 radical (unpaired) electrons. The summed E-state index contributed by atoms with van der Waals surface area (Å²) < 4.78 is 56.9. The molecule has 1 aliphatic heterocycles. The van der Waals surface area contributed by atoms with Crippen molar-refractivity contribution in [1.29, 1.82) is 0 Å². The first-order valence-electron chi connectivity index (χ1n) is 11.6. The van der Waals surface area contributed by atoms with Gasteiger partial charge in [0.15, 0.2) is 9.84 Å². The molecule has 1 fully saturated rings. The molecule has 1 amide bonds. The molecular formula is C25H29N3O6S3. The largest absolute Gasteiger partial charge is 0.497 e. The third kappa shape index (κ3) is 6.69. The number of carbonyl (C=O) groups excluding carboxylic acids is 1. The van der Waals surface area contributed by atoms with Gasteiger partial charge < -0.3 is 15.4 Å². The predicted molar refractivity (Wildman–Crippen MR) is 143 cm³/mol. The van der Waals surface area contributed by atoms with Gasteiger partial charge >= 0.3 is 0 Å². The van der Waals surface area contributed by atoms with Gasteiger partial charge in [-0.25, -0.2) is 16.8 Å². The van der Waals surface area contributed by atoms with Crippen LogP contribution < -0.4 is 15.4 Å². The fraction of sp³-hybridized carbons (Fsp3) is 0.320. The third-order valence-electron chi connectivity index (χ3n) is 6.07. The first-order chi connectivity index (χ1) is 17.6. The van der Waals surface area contributed by atoms with Gasteiger partial charge in [0.1, 0.15) is 9.96 Å². The lowest BCUT2D eigenvalue weighted by atomic mass is 10.1. The summed E-state index contributed by atoms with van der Waals surface area (Å²) in [5.74, 6) is 0.312. The summed E-state index contributed by atoms with van der Waals surface area (Å²) in [5.41, 5.74) is 1.16. The van der Waals surface area contributed by atoms with Crippen LogP contribution in [0.3, 0.4) is 0 Å². The molecular weight excluding hydrogens is 534 g/mol. The molecule has 198 valence electrons. The molecule has 12 heteroatoms. The van der Waals surface area contributed by atoms with Crippen LogP contribution in [0, 0.1) is 0 Å². The number of amides is 1. The van der Waals surface area contributed by atoms with Crippen LogP contribution in [0.5, 0.6) is 5.75 Å². The number of nitrogens with one attached hydrogen (secondary N) is 2. The summed E-state index contributed by atoms with van der Waals surface area (Å²) >= 11 is 1.14. The van der Waals surface area contributed by atoms with E-state index in [0.717, 1.165) is 16.2 Å². The zero-order chi connectivity index (χ0) is 26.6. The van der Waals surface area contributed by atoms with Crippen LogP contribution >= 0.6 is 11.3 Å². The Bertz CT molecular complexity index is 1480. The van der Waals surface area contributed by atoms with Crippen LogP contribution in [-0.4, -0.2) is 59.5 Å². The Hall–Kier alpha value is -2.93. The van der Waals surface area contributed by atoms with E-state index in [1.807, 2.05) is 0 Å². The van der Waals surface area contributed by atoms with Gasteiger partial charge in [-0.15, -0.1) is 11.3 Å². The summed E-state index contributed by atoms with van der Waals surface area (Å²) in [6.45, 7) is 0.923. The van der Waals surface area contributed by atoms with Crippen molar-refractivity contribution in [2.75, 3.05) is 31.8 Å². The van der Waals surface area contributed by atoms with E-state index in [0.29, 0.717) is 42.9 Å². The average Bonchev–Trinajstić information content (AvgIpc) is 3.37. The normalized spacial score (nSPS) is 15.3. The zero-order valence-corrected chi connectivity index (χ0v) is 23.0. The van der Waals surface area contributed by atoms with Gasteiger partial charge in [-0.05, 0) is 61.4 Å². The number of hydrogen-bond donors (Lipinski definition) is 2. The number of ether oxygens (including phenoxy) is 1. The highest BCUT2D eigenvalue weighted by molar-refractivity contribution is 7.91. The molecule has 1 saturated heterocycles. The second kappa shape index (κ2) is 11.2. The van der Waals surface area contributed by atoms with Crippen molar-refractivity contribution in [2.24, 2.45) is 0 Å². The van der Waals surface area contributed by atoms with E-state index in [1.165, 1.54) is 17.7 Å². The standard InChI is InChI=1S/C25H29N3O6S3/c1-34-21-7-3-5-18(15-21)25(29)26-17-22-9-10-24(35-22)37(32,33)28-13-11-19(12-14-28)27-20-6-4-8-23(16-20)36(2,30)31/h3-10,15-16,19,27H,11-14,17H2,1-2H3,(H,26,29). The lowest BCUT2D eigenvalue weighted by molar-refractivity contribution is 0.0951. The number of sulfonamides is 1. The molecule has 2 heterocycles. The minimum atomic E-state index is -3.65. The third-order valence-corrected chi connectivity index (χ3v) is 10.6. The maximum absolute atomic E-state index is 13.2. The number of benzene rings is 2. The van der Waals surface area contributed by atoms with E-state index in [2.05, 4.69) is 10.6 Å². The Kier molecular flexibility index (Phi) is 8.22. The van der Waals surface area contributed by atoms with Crippen molar-refractivity contribution in [1.82, 2.24) is 9.62 Å². The van der Waals surface area contributed by atoms with Gasteiger partial charge in [0.25, 0.3) is 15.9 Å². The van der Waals surface area contributed by atoms with Crippen LogP contribution in [0.15, 0.2) is 69.8 Å². The van der Waals surface area contributed by atoms with Gasteiger partial charge in [-0.2, -0.15) is 4.31 Å². The maximum Gasteiger partial charge on any atom is 0.252 e. The van der Waals surface area contributed by atoms with E-state index in [4.69, 9.17) is 4.74 Å². The number of rotatable bonds is 9. The minimum Gasteiger partial charge on any atom is -0.497 e. The first-order valence-corrected chi connectivity index (χ1v) is 15.8. The van der Waals surface area contributed by atoms with Gasteiger partial charge in [-0.1, -0.05) is 12.1 Å². The Labute approximate surface area is 221 Å². The van der Waals surface area contributed by atoms with Crippen LogP contribution in [0.25, 0.3) is 0 Å². The van der Waals surface area contributed by atoms with Gasteiger partial charge in [-0.3, -0.25) is 4.79 Å². The average molecular weight is 564 g/mol. The van der Waals surface area contributed by atoms with E-state index in [1.54, 1.807) is 60.7 Å². The molecule has 0 saturated carbocycles. The molecule has 37 heavy (non-hydrogen) atoms.